The molecule has 0 saturated heterocycles. The Kier molecular flexibility index (Phi) is 5.62. The summed E-state index contributed by atoms with van der Waals surface area (Å²) in [5, 5.41) is 6.31. The molecule has 4 rings (SSSR count). The highest BCUT2D eigenvalue weighted by Crippen LogP contribution is 2.22. The second kappa shape index (κ2) is 8.48. The van der Waals surface area contributed by atoms with Crippen molar-refractivity contribution >= 4 is 29.3 Å². The second-order valence-corrected chi connectivity index (χ2v) is 7.67. The van der Waals surface area contributed by atoms with E-state index in [9.17, 15) is 14.0 Å². The van der Waals surface area contributed by atoms with Crippen molar-refractivity contribution in [2.24, 2.45) is 0 Å². The topological polar surface area (TPSA) is 76.0 Å². The van der Waals surface area contributed by atoms with E-state index in [-0.39, 0.29) is 29.4 Å². The molecule has 0 spiro atoms. The van der Waals surface area contributed by atoms with Crippen LogP contribution in [0.25, 0.3) is 5.69 Å². The number of hydrogen-bond donors (Lipinski definition) is 2. The van der Waals surface area contributed by atoms with E-state index < -0.39 is 0 Å². The molecular weight excluding hydrogens is 391 g/mol. The van der Waals surface area contributed by atoms with Crippen molar-refractivity contribution < 1.29 is 14.0 Å². The Morgan fingerprint density at radius 3 is 2.79 bits per heavy atom. The number of aromatic nitrogens is 2. The standard InChI is InChI=1S/C21H19FN4O2S/c22-15-4-2-6-18(12-15)26-10-9-23-21(26)29-13-19(27)24-17-5-1-3-14(11-17)20(28)25-16-7-8-16/h1-6,9-12,16H,7-8,13H2,(H,24,27)(H,25,28). The zero-order valence-corrected chi connectivity index (χ0v) is 16.3. The molecule has 0 atom stereocenters. The molecule has 1 fully saturated rings. The Labute approximate surface area is 171 Å². The van der Waals surface area contributed by atoms with Gasteiger partial charge in [-0.15, -0.1) is 0 Å². The fourth-order valence-electron chi connectivity index (χ4n) is 2.78. The van der Waals surface area contributed by atoms with E-state index >= 15 is 0 Å². The molecule has 2 aromatic carbocycles. The quantitative estimate of drug-likeness (QED) is 0.583. The molecule has 6 nitrogen and oxygen atoms in total. The average molecular weight is 410 g/mol. The van der Waals surface area contributed by atoms with Gasteiger partial charge in [0.1, 0.15) is 5.82 Å². The fraction of sp³-hybridized carbons (Fsp3) is 0.190. The van der Waals surface area contributed by atoms with E-state index in [1.807, 2.05) is 0 Å². The van der Waals surface area contributed by atoms with E-state index in [1.165, 1.54) is 23.9 Å². The van der Waals surface area contributed by atoms with Gasteiger partial charge in [0.15, 0.2) is 5.16 Å². The first-order chi connectivity index (χ1) is 14.1. The predicted molar refractivity (Wildman–Crippen MR) is 110 cm³/mol. The molecule has 1 aromatic heterocycles. The molecular formula is C21H19FN4O2S. The third-order valence-corrected chi connectivity index (χ3v) is 5.31. The van der Waals surface area contributed by atoms with Crippen molar-refractivity contribution in [3.63, 3.8) is 0 Å². The predicted octanol–water partition coefficient (Wildman–Crippen LogP) is 3.63. The van der Waals surface area contributed by atoms with Crippen molar-refractivity contribution in [1.82, 2.24) is 14.9 Å². The largest absolute Gasteiger partial charge is 0.349 e. The summed E-state index contributed by atoms with van der Waals surface area (Å²) in [5.74, 6) is -0.556. The minimum Gasteiger partial charge on any atom is -0.349 e. The highest BCUT2D eigenvalue weighted by atomic mass is 32.2. The lowest BCUT2D eigenvalue weighted by Gasteiger charge is -2.09. The maximum Gasteiger partial charge on any atom is 0.251 e. The fourth-order valence-corrected chi connectivity index (χ4v) is 3.55. The number of carbonyl (C=O) groups is 2. The maximum absolute atomic E-state index is 13.5. The Bertz CT molecular complexity index is 1050. The molecule has 29 heavy (non-hydrogen) atoms. The molecule has 0 bridgehead atoms. The van der Waals surface area contributed by atoms with Crippen LogP contribution in [0.2, 0.25) is 0 Å². The summed E-state index contributed by atoms with van der Waals surface area (Å²) in [7, 11) is 0. The Morgan fingerprint density at radius 1 is 1.17 bits per heavy atom. The van der Waals surface area contributed by atoms with Gasteiger partial charge in [-0.05, 0) is 49.2 Å². The van der Waals surface area contributed by atoms with Crippen LogP contribution >= 0.6 is 11.8 Å². The van der Waals surface area contributed by atoms with Crippen molar-refractivity contribution in [2.75, 3.05) is 11.1 Å². The smallest absolute Gasteiger partial charge is 0.251 e. The van der Waals surface area contributed by atoms with Gasteiger partial charge in [0, 0.05) is 29.7 Å². The van der Waals surface area contributed by atoms with Gasteiger partial charge in [-0.2, -0.15) is 0 Å². The van der Waals surface area contributed by atoms with Crippen molar-refractivity contribution in [1.29, 1.82) is 0 Å². The second-order valence-electron chi connectivity index (χ2n) is 6.73. The summed E-state index contributed by atoms with van der Waals surface area (Å²) in [6, 6.07) is 13.3. The number of imidazole rings is 1. The molecule has 1 aliphatic rings. The molecule has 1 saturated carbocycles. The summed E-state index contributed by atoms with van der Waals surface area (Å²) in [5.41, 5.74) is 1.72. The van der Waals surface area contributed by atoms with Gasteiger partial charge in [-0.3, -0.25) is 14.2 Å². The van der Waals surface area contributed by atoms with Crippen LogP contribution in [0.15, 0.2) is 66.1 Å². The lowest BCUT2D eigenvalue weighted by molar-refractivity contribution is -0.113. The Balaban J connectivity index is 1.36. The number of anilines is 1. The molecule has 0 aliphatic heterocycles. The van der Waals surface area contributed by atoms with E-state index in [0.717, 1.165) is 12.8 Å². The van der Waals surface area contributed by atoms with Gasteiger partial charge in [0.05, 0.1) is 11.4 Å². The molecule has 1 heterocycles. The number of nitrogens with zero attached hydrogens (tertiary/aromatic N) is 2. The minimum absolute atomic E-state index is 0.130. The molecule has 0 unspecified atom stereocenters. The molecule has 1 aliphatic carbocycles. The maximum atomic E-state index is 13.5. The molecule has 0 radical (unpaired) electrons. The zero-order valence-electron chi connectivity index (χ0n) is 15.5. The summed E-state index contributed by atoms with van der Waals surface area (Å²) < 4.78 is 15.2. The van der Waals surface area contributed by atoms with Crippen LogP contribution in [0.3, 0.4) is 0 Å². The summed E-state index contributed by atoms with van der Waals surface area (Å²) >= 11 is 1.25. The monoisotopic (exact) mass is 410 g/mol. The first-order valence-corrected chi connectivity index (χ1v) is 10.2. The zero-order chi connectivity index (χ0) is 20.2. The van der Waals surface area contributed by atoms with E-state index in [4.69, 9.17) is 0 Å². The van der Waals surface area contributed by atoms with Gasteiger partial charge in [-0.1, -0.05) is 23.9 Å². The number of benzene rings is 2. The summed E-state index contributed by atoms with van der Waals surface area (Å²) in [4.78, 5) is 28.7. The van der Waals surface area contributed by atoms with Gasteiger partial charge in [0.2, 0.25) is 5.91 Å². The van der Waals surface area contributed by atoms with Crippen molar-refractivity contribution in [3.8, 4) is 5.69 Å². The van der Waals surface area contributed by atoms with Crippen molar-refractivity contribution in [3.05, 3.63) is 72.3 Å². The number of halogens is 1. The highest BCUT2D eigenvalue weighted by Gasteiger charge is 2.23. The molecule has 2 amide bonds. The van der Waals surface area contributed by atoms with E-state index in [2.05, 4.69) is 15.6 Å². The lowest BCUT2D eigenvalue weighted by atomic mass is 10.2. The lowest BCUT2D eigenvalue weighted by Crippen LogP contribution is -2.25. The van der Waals surface area contributed by atoms with E-state index in [1.54, 1.807) is 53.4 Å². The number of nitrogens with one attached hydrogen (secondary N) is 2. The Hall–Kier alpha value is -3.13. The van der Waals surface area contributed by atoms with Crippen LogP contribution in [0.4, 0.5) is 10.1 Å². The van der Waals surface area contributed by atoms with Crippen LogP contribution in [0.1, 0.15) is 23.2 Å². The first-order valence-electron chi connectivity index (χ1n) is 9.21. The SMILES string of the molecule is O=C(CSc1nccn1-c1cccc(F)c1)Nc1cccc(C(=O)NC2CC2)c1. The van der Waals surface area contributed by atoms with Crippen LogP contribution in [-0.4, -0.2) is 33.2 Å². The number of thioether (sulfide) groups is 1. The van der Waals surface area contributed by atoms with Crippen LogP contribution in [-0.2, 0) is 4.79 Å². The first kappa shape index (κ1) is 19.2. The average Bonchev–Trinajstić information content (AvgIpc) is 3.39. The van der Waals surface area contributed by atoms with Gasteiger partial charge in [0.25, 0.3) is 5.91 Å². The number of rotatable bonds is 7. The summed E-state index contributed by atoms with van der Waals surface area (Å²) in [6.45, 7) is 0. The van der Waals surface area contributed by atoms with Gasteiger partial charge in [-0.25, -0.2) is 9.37 Å². The molecule has 2 N–H and O–H groups in total. The van der Waals surface area contributed by atoms with E-state index in [0.29, 0.717) is 22.1 Å². The van der Waals surface area contributed by atoms with Gasteiger partial charge >= 0.3 is 0 Å². The van der Waals surface area contributed by atoms with Crippen LogP contribution < -0.4 is 10.6 Å². The number of hydrogen-bond acceptors (Lipinski definition) is 4. The molecule has 8 heteroatoms. The highest BCUT2D eigenvalue weighted by molar-refractivity contribution is 7.99. The van der Waals surface area contributed by atoms with Crippen LogP contribution in [0.5, 0.6) is 0 Å². The minimum atomic E-state index is -0.338. The van der Waals surface area contributed by atoms with Crippen molar-refractivity contribution in [2.45, 2.75) is 24.0 Å². The number of amides is 2. The Morgan fingerprint density at radius 2 is 2.00 bits per heavy atom. The van der Waals surface area contributed by atoms with Gasteiger partial charge < -0.3 is 10.6 Å². The third-order valence-electron chi connectivity index (χ3n) is 4.35. The molecule has 3 aromatic rings. The molecule has 148 valence electrons. The number of carbonyl (C=O) groups excluding carboxylic acids is 2. The van der Waals surface area contributed by atoms with Crippen LogP contribution in [0, 0.1) is 5.82 Å². The normalized spacial score (nSPS) is 13.1. The summed E-state index contributed by atoms with van der Waals surface area (Å²) in [6.07, 6.45) is 5.36. The third kappa shape index (κ3) is 5.03.